The first-order valence-electron chi connectivity index (χ1n) is 7.07. The summed E-state index contributed by atoms with van der Waals surface area (Å²) in [6, 6.07) is 0. The Morgan fingerprint density at radius 1 is 1.28 bits per heavy atom. The Labute approximate surface area is 111 Å². The summed E-state index contributed by atoms with van der Waals surface area (Å²) >= 11 is 0. The molecule has 18 heavy (non-hydrogen) atoms. The molecule has 0 radical (unpaired) electrons. The Morgan fingerprint density at radius 2 is 1.89 bits per heavy atom. The van der Waals surface area contributed by atoms with Crippen LogP contribution in [0.2, 0.25) is 0 Å². The van der Waals surface area contributed by atoms with Crippen LogP contribution in [0.5, 0.6) is 0 Å². The van der Waals surface area contributed by atoms with Gasteiger partial charge < -0.3 is 10.3 Å². The fraction of sp³-hybridized carbons (Fsp3) is 0.733. The molecule has 2 unspecified atom stereocenters. The van der Waals surface area contributed by atoms with Gasteiger partial charge >= 0.3 is 0 Å². The van der Waals surface area contributed by atoms with E-state index in [9.17, 15) is 4.79 Å². The molecule has 0 spiro atoms. The largest absolute Gasteiger partial charge is 0.342 e. The second-order valence-corrected chi connectivity index (χ2v) is 5.42. The van der Waals surface area contributed by atoms with Crippen molar-refractivity contribution in [3.05, 3.63) is 12.2 Å². The molecule has 3 nitrogen and oxygen atoms in total. The van der Waals surface area contributed by atoms with E-state index in [0.717, 1.165) is 32.4 Å². The lowest BCUT2D eigenvalue weighted by Crippen LogP contribution is -2.32. The third-order valence-corrected chi connectivity index (χ3v) is 3.70. The zero-order chi connectivity index (χ0) is 13.5. The number of allylic oxidation sites excluding steroid dienone is 1. The predicted octanol–water partition coefficient (Wildman–Crippen LogP) is 3.11. The first-order chi connectivity index (χ1) is 8.60. The summed E-state index contributed by atoms with van der Waals surface area (Å²) in [7, 11) is 0. The smallest absolute Gasteiger partial charge is 0.229 e. The monoisotopic (exact) mass is 250 g/mol. The van der Waals surface area contributed by atoms with Crippen LogP contribution in [0.3, 0.4) is 0 Å². The molecule has 1 N–H and O–H groups in total. The fourth-order valence-corrected chi connectivity index (χ4v) is 2.30. The molecule has 0 aliphatic carbocycles. The first kappa shape index (κ1) is 14.9. The maximum Gasteiger partial charge on any atom is 0.229 e. The van der Waals surface area contributed by atoms with Crippen LogP contribution in [0, 0.1) is 23.2 Å². The van der Waals surface area contributed by atoms with Crippen LogP contribution < -0.4 is 0 Å². The molecule has 1 heterocycles. The topological polar surface area (TPSA) is 44.2 Å². The highest BCUT2D eigenvalue weighted by Crippen LogP contribution is 2.17. The van der Waals surface area contributed by atoms with E-state index in [1.54, 1.807) is 0 Å². The summed E-state index contributed by atoms with van der Waals surface area (Å²) < 4.78 is 0. The van der Waals surface area contributed by atoms with Crippen LogP contribution in [0.4, 0.5) is 0 Å². The zero-order valence-electron chi connectivity index (χ0n) is 11.9. The maximum atomic E-state index is 12.3. The molecule has 2 atom stereocenters. The van der Waals surface area contributed by atoms with Gasteiger partial charge in [-0.15, -0.1) is 0 Å². The number of amides is 1. The second kappa shape index (κ2) is 7.34. The highest BCUT2D eigenvalue weighted by Gasteiger charge is 2.23. The van der Waals surface area contributed by atoms with Gasteiger partial charge in [0.15, 0.2) is 0 Å². The highest BCUT2D eigenvalue weighted by atomic mass is 16.2. The van der Waals surface area contributed by atoms with Gasteiger partial charge in [-0.2, -0.15) is 0 Å². The lowest BCUT2D eigenvalue weighted by atomic mass is 9.94. The highest BCUT2D eigenvalue weighted by molar-refractivity contribution is 5.80. The molecule has 1 fully saturated rings. The van der Waals surface area contributed by atoms with E-state index in [1.165, 1.54) is 6.21 Å². The van der Waals surface area contributed by atoms with E-state index in [4.69, 9.17) is 5.41 Å². The second-order valence-electron chi connectivity index (χ2n) is 5.42. The number of nitrogens with one attached hydrogen (secondary N) is 1. The lowest BCUT2D eigenvalue weighted by molar-refractivity contribution is -0.132. The third-order valence-electron chi connectivity index (χ3n) is 3.70. The van der Waals surface area contributed by atoms with Gasteiger partial charge in [0.25, 0.3) is 0 Å². The molecule has 0 aromatic rings. The first-order valence-corrected chi connectivity index (χ1v) is 7.07. The average Bonchev–Trinajstić information content (AvgIpc) is 2.87. The van der Waals surface area contributed by atoms with Crippen molar-refractivity contribution in [3.8, 4) is 0 Å². The lowest BCUT2D eigenvalue weighted by Gasteiger charge is -2.20. The molecule has 0 saturated carbocycles. The van der Waals surface area contributed by atoms with Crippen LogP contribution in [0.25, 0.3) is 0 Å². The van der Waals surface area contributed by atoms with Crippen molar-refractivity contribution in [1.82, 2.24) is 4.90 Å². The number of rotatable bonds is 6. The summed E-state index contributed by atoms with van der Waals surface area (Å²) in [5, 5.41) is 7.39. The van der Waals surface area contributed by atoms with E-state index in [1.807, 2.05) is 17.1 Å². The van der Waals surface area contributed by atoms with Gasteiger partial charge in [0.2, 0.25) is 5.91 Å². The van der Waals surface area contributed by atoms with Gasteiger partial charge in [-0.25, -0.2) is 0 Å². The number of hydrogen-bond acceptors (Lipinski definition) is 2. The van der Waals surface area contributed by atoms with Crippen LogP contribution in [-0.2, 0) is 4.79 Å². The van der Waals surface area contributed by atoms with Crippen molar-refractivity contribution in [1.29, 1.82) is 5.41 Å². The predicted molar refractivity (Wildman–Crippen MR) is 75.8 cm³/mol. The van der Waals surface area contributed by atoms with E-state index < -0.39 is 0 Å². The van der Waals surface area contributed by atoms with Gasteiger partial charge in [-0.05, 0) is 25.2 Å². The Bertz CT molecular complexity index is 304. The molecule has 102 valence electrons. The number of carbonyl (C=O) groups is 1. The molecule has 1 amide bonds. The van der Waals surface area contributed by atoms with Crippen LogP contribution in [0.15, 0.2) is 12.2 Å². The summed E-state index contributed by atoms with van der Waals surface area (Å²) in [5.41, 5.74) is 0. The van der Waals surface area contributed by atoms with E-state index >= 15 is 0 Å². The minimum Gasteiger partial charge on any atom is -0.342 e. The molecule has 1 aliphatic rings. The summed E-state index contributed by atoms with van der Waals surface area (Å²) in [4.78, 5) is 14.2. The molecule has 0 aromatic carbocycles. The average molecular weight is 250 g/mol. The van der Waals surface area contributed by atoms with Crippen LogP contribution >= 0.6 is 0 Å². The minimum absolute atomic E-state index is 0.00991. The van der Waals surface area contributed by atoms with Crippen molar-refractivity contribution < 1.29 is 4.79 Å². The molecular formula is C15H26N2O. The molecule has 0 aromatic heterocycles. The van der Waals surface area contributed by atoms with Crippen molar-refractivity contribution in [2.75, 3.05) is 13.1 Å². The van der Waals surface area contributed by atoms with Crippen molar-refractivity contribution in [2.24, 2.45) is 17.8 Å². The van der Waals surface area contributed by atoms with Gasteiger partial charge in [0, 0.05) is 25.2 Å². The maximum absolute atomic E-state index is 12.3. The Kier molecular flexibility index (Phi) is 6.10. The zero-order valence-corrected chi connectivity index (χ0v) is 11.9. The summed E-state index contributed by atoms with van der Waals surface area (Å²) in [5.74, 6) is 0.812. The standard InChI is InChI=1S/C15H26N2O/c1-4-13(7-8-14(11-16)12(2)3)15(18)17-9-5-6-10-17/h7-8,11-14,16H,4-6,9-10H2,1-3H3/b8-7-,16-11?. The summed E-state index contributed by atoms with van der Waals surface area (Å²) in [6.07, 6.45) is 8.63. The van der Waals surface area contributed by atoms with E-state index in [0.29, 0.717) is 5.92 Å². The van der Waals surface area contributed by atoms with Crippen molar-refractivity contribution in [3.63, 3.8) is 0 Å². The number of carbonyl (C=O) groups excluding carboxylic acids is 1. The Hall–Kier alpha value is -1.12. The van der Waals surface area contributed by atoms with Gasteiger partial charge in [-0.3, -0.25) is 4.79 Å². The van der Waals surface area contributed by atoms with E-state index in [-0.39, 0.29) is 17.7 Å². The third kappa shape index (κ3) is 3.97. The molecule has 3 heteroatoms. The van der Waals surface area contributed by atoms with Gasteiger partial charge in [-0.1, -0.05) is 32.9 Å². The molecule has 1 aliphatic heterocycles. The molecular weight excluding hydrogens is 224 g/mol. The molecule has 0 bridgehead atoms. The molecule has 1 rings (SSSR count). The van der Waals surface area contributed by atoms with Gasteiger partial charge in [0.05, 0.1) is 5.92 Å². The minimum atomic E-state index is -0.00991. The fourth-order valence-electron chi connectivity index (χ4n) is 2.30. The summed E-state index contributed by atoms with van der Waals surface area (Å²) in [6.45, 7) is 8.09. The van der Waals surface area contributed by atoms with Crippen molar-refractivity contribution in [2.45, 2.75) is 40.0 Å². The number of nitrogens with zero attached hydrogens (tertiary/aromatic N) is 1. The Balaban J connectivity index is 2.62. The quantitative estimate of drug-likeness (QED) is 0.571. The van der Waals surface area contributed by atoms with E-state index in [2.05, 4.69) is 20.8 Å². The molecule has 1 saturated heterocycles. The normalized spacial score (nSPS) is 19.4. The Morgan fingerprint density at radius 3 is 2.33 bits per heavy atom. The van der Waals surface area contributed by atoms with Crippen LogP contribution in [-0.4, -0.2) is 30.1 Å². The van der Waals surface area contributed by atoms with Gasteiger partial charge in [0.1, 0.15) is 0 Å². The number of hydrogen-bond donors (Lipinski definition) is 1. The SMILES string of the molecule is CCC(/C=C\C(C=N)C(C)C)C(=O)N1CCCC1. The number of likely N-dealkylation sites (tertiary alicyclic amines) is 1. The van der Waals surface area contributed by atoms with Crippen molar-refractivity contribution >= 4 is 12.1 Å². The van der Waals surface area contributed by atoms with Crippen LogP contribution in [0.1, 0.15) is 40.0 Å².